The van der Waals surface area contributed by atoms with E-state index < -0.39 is 0 Å². The molecule has 3 rings (SSSR count). The van der Waals surface area contributed by atoms with Gasteiger partial charge in [0.1, 0.15) is 11.4 Å². The number of hydrogen-bond donors (Lipinski definition) is 2. The van der Waals surface area contributed by atoms with Gasteiger partial charge >= 0.3 is 0 Å². The number of nitrogens with zero attached hydrogens (tertiary/aromatic N) is 1. The lowest BCUT2D eigenvalue weighted by Gasteiger charge is -2.04. The molecule has 0 unspecified atom stereocenters. The molecule has 5 heteroatoms. The fourth-order valence-electron chi connectivity index (χ4n) is 2.97. The van der Waals surface area contributed by atoms with E-state index in [1.54, 1.807) is 7.11 Å². The van der Waals surface area contributed by atoms with Gasteiger partial charge < -0.3 is 20.4 Å². The lowest BCUT2D eigenvalue weighted by molar-refractivity contribution is -0.115. The van der Waals surface area contributed by atoms with Crippen LogP contribution >= 0.6 is 0 Å². The second kappa shape index (κ2) is 7.88. The minimum atomic E-state index is -0.00972. The normalized spacial score (nSPS) is 10.3. The topological polar surface area (TPSA) is 69.3 Å². The molecule has 3 aromatic rings. The Morgan fingerprint density at radius 3 is 2.52 bits per heavy atom. The molecule has 138 valence electrons. The number of aromatic nitrogens is 1. The monoisotopic (exact) mass is 361 g/mol. The number of carbonyl (C=O) groups is 1. The fourth-order valence-corrected chi connectivity index (χ4v) is 2.97. The van der Waals surface area contributed by atoms with Gasteiger partial charge in [-0.05, 0) is 55.3 Å². The molecule has 0 atom stereocenters. The van der Waals surface area contributed by atoms with Crippen LogP contribution in [0.1, 0.15) is 31.5 Å². The Morgan fingerprint density at radius 1 is 1.15 bits per heavy atom. The largest absolute Gasteiger partial charge is 0.497 e. The molecule has 2 aromatic carbocycles. The van der Waals surface area contributed by atoms with E-state index in [1.165, 1.54) is 0 Å². The number of aryl methyl sites for hydroxylation is 1. The molecule has 0 aliphatic carbocycles. The summed E-state index contributed by atoms with van der Waals surface area (Å²) in [5.41, 5.74) is 10.5. The quantitative estimate of drug-likeness (QED) is 0.690. The zero-order valence-corrected chi connectivity index (χ0v) is 15.8. The van der Waals surface area contributed by atoms with Gasteiger partial charge in [-0.1, -0.05) is 12.8 Å². The molecule has 0 aliphatic rings. The van der Waals surface area contributed by atoms with Crippen molar-refractivity contribution >= 4 is 28.2 Å². The van der Waals surface area contributed by atoms with Crippen molar-refractivity contribution in [2.24, 2.45) is 0 Å². The number of nitrogens with one attached hydrogen (secondary N) is 1. The molecule has 1 heterocycles. The van der Waals surface area contributed by atoms with E-state index in [0.717, 1.165) is 40.1 Å². The second-order valence-electron chi connectivity index (χ2n) is 6.12. The van der Waals surface area contributed by atoms with Crippen molar-refractivity contribution in [3.8, 4) is 17.6 Å². The van der Waals surface area contributed by atoms with E-state index in [-0.39, 0.29) is 5.91 Å². The van der Waals surface area contributed by atoms with E-state index in [1.807, 2.05) is 49.4 Å². The summed E-state index contributed by atoms with van der Waals surface area (Å²) in [6.07, 6.45) is 0.452. The fraction of sp³-hybridized carbons (Fsp3) is 0.227. The number of anilines is 2. The Morgan fingerprint density at radius 2 is 1.89 bits per heavy atom. The zero-order chi connectivity index (χ0) is 19.4. The highest BCUT2D eigenvalue weighted by Crippen LogP contribution is 2.31. The van der Waals surface area contributed by atoms with Crippen molar-refractivity contribution in [3.05, 3.63) is 53.7 Å². The summed E-state index contributed by atoms with van der Waals surface area (Å²) >= 11 is 0. The minimum Gasteiger partial charge on any atom is -0.497 e. The number of amides is 1. The minimum absolute atomic E-state index is 0.00972. The van der Waals surface area contributed by atoms with Gasteiger partial charge in [0.15, 0.2) is 0 Å². The van der Waals surface area contributed by atoms with Crippen LogP contribution in [0.15, 0.2) is 42.5 Å². The summed E-state index contributed by atoms with van der Waals surface area (Å²) in [4.78, 5) is 11.5. The first-order valence-corrected chi connectivity index (χ1v) is 8.95. The average molecular weight is 361 g/mol. The molecule has 3 N–H and O–H groups in total. The molecule has 0 saturated heterocycles. The molecule has 0 aliphatic heterocycles. The second-order valence-corrected chi connectivity index (χ2v) is 6.12. The van der Waals surface area contributed by atoms with Crippen LogP contribution < -0.4 is 15.8 Å². The summed E-state index contributed by atoms with van der Waals surface area (Å²) in [5.74, 6) is 7.13. The molecule has 0 fully saturated rings. The summed E-state index contributed by atoms with van der Waals surface area (Å²) in [6.45, 7) is 4.66. The Hall–Kier alpha value is -3.39. The third-order valence-electron chi connectivity index (χ3n) is 4.44. The van der Waals surface area contributed by atoms with Crippen molar-refractivity contribution in [1.29, 1.82) is 0 Å². The number of nitrogens with two attached hydrogens (primary N) is 1. The number of benzene rings is 2. The Labute approximate surface area is 159 Å². The molecule has 1 aromatic heterocycles. The van der Waals surface area contributed by atoms with E-state index in [0.29, 0.717) is 12.1 Å². The van der Waals surface area contributed by atoms with Gasteiger partial charge in [0.2, 0.25) is 5.91 Å². The maximum Gasteiger partial charge on any atom is 0.224 e. The molecule has 5 nitrogen and oxygen atoms in total. The first-order chi connectivity index (χ1) is 13.1. The van der Waals surface area contributed by atoms with Gasteiger partial charge in [-0.2, -0.15) is 0 Å². The van der Waals surface area contributed by atoms with Crippen LogP contribution in [0.4, 0.5) is 11.4 Å². The molecule has 1 amide bonds. The van der Waals surface area contributed by atoms with E-state index in [9.17, 15) is 4.79 Å². The van der Waals surface area contributed by atoms with Crippen LogP contribution in [0.25, 0.3) is 10.9 Å². The summed E-state index contributed by atoms with van der Waals surface area (Å²) in [7, 11) is 1.64. The standard InChI is InChI=1S/C22H23N3O2/c1-4-21(26)24-16-9-6-15(7-10-16)8-12-20-22(23)18-14-17(27-3)11-13-19(18)25(20)5-2/h6-7,9-11,13-14H,4-5,23H2,1-3H3,(H,24,26). The lowest BCUT2D eigenvalue weighted by atomic mass is 10.2. The Bertz CT molecular complexity index is 1040. The van der Waals surface area contributed by atoms with Crippen molar-refractivity contribution in [3.63, 3.8) is 0 Å². The van der Waals surface area contributed by atoms with Crippen LogP contribution in [-0.2, 0) is 11.3 Å². The van der Waals surface area contributed by atoms with E-state index >= 15 is 0 Å². The first kappa shape index (κ1) is 18.4. The number of ether oxygens (including phenoxy) is 1. The van der Waals surface area contributed by atoms with Crippen molar-refractivity contribution in [2.45, 2.75) is 26.8 Å². The SMILES string of the molecule is CCC(=O)Nc1ccc(C#Cc2c(N)c3cc(OC)ccc3n2CC)cc1. The lowest BCUT2D eigenvalue weighted by Crippen LogP contribution is -2.09. The van der Waals surface area contributed by atoms with E-state index in [2.05, 4.69) is 28.6 Å². The summed E-state index contributed by atoms with van der Waals surface area (Å²) in [6, 6.07) is 13.3. The summed E-state index contributed by atoms with van der Waals surface area (Å²) in [5, 5.41) is 3.77. The summed E-state index contributed by atoms with van der Waals surface area (Å²) < 4.78 is 7.41. The molecule has 0 radical (unpaired) electrons. The van der Waals surface area contributed by atoms with Gasteiger partial charge in [0, 0.05) is 29.6 Å². The third-order valence-corrected chi connectivity index (χ3v) is 4.44. The molecule has 0 spiro atoms. The predicted octanol–water partition coefficient (Wildman–Crippen LogP) is 4.00. The van der Waals surface area contributed by atoms with Gasteiger partial charge in [-0.25, -0.2) is 0 Å². The van der Waals surface area contributed by atoms with Crippen LogP contribution in [0.5, 0.6) is 5.75 Å². The van der Waals surface area contributed by atoms with Crippen LogP contribution in [0.2, 0.25) is 0 Å². The maximum absolute atomic E-state index is 11.5. The van der Waals surface area contributed by atoms with Crippen LogP contribution in [0.3, 0.4) is 0 Å². The number of methoxy groups -OCH3 is 1. The molecule has 0 bridgehead atoms. The number of carbonyl (C=O) groups excluding carboxylic acids is 1. The molecular formula is C22H23N3O2. The van der Waals surface area contributed by atoms with Crippen molar-refractivity contribution in [1.82, 2.24) is 4.57 Å². The number of fused-ring (bicyclic) bond motifs is 1. The molecular weight excluding hydrogens is 338 g/mol. The number of nitrogen functional groups attached to an aromatic ring is 1. The average Bonchev–Trinajstić information content (AvgIpc) is 2.97. The smallest absolute Gasteiger partial charge is 0.224 e. The number of hydrogen-bond acceptors (Lipinski definition) is 3. The molecule has 27 heavy (non-hydrogen) atoms. The van der Waals surface area contributed by atoms with Crippen LogP contribution in [-0.4, -0.2) is 17.6 Å². The first-order valence-electron chi connectivity index (χ1n) is 8.95. The highest BCUT2D eigenvalue weighted by Gasteiger charge is 2.13. The number of rotatable bonds is 4. The Kier molecular flexibility index (Phi) is 5.37. The predicted molar refractivity (Wildman–Crippen MR) is 110 cm³/mol. The van der Waals surface area contributed by atoms with Gasteiger partial charge in [0.05, 0.1) is 18.3 Å². The van der Waals surface area contributed by atoms with Crippen LogP contribution in [0, 0.1) is 11.8 Å². The van der Waals surface area contributed by atoms with Crippen molar-refractivity contribution < 1.29 is 9.53 Å². The highest BCUT2D eigenvalue weighted by molar-refractivity contribution is 5.96. The molecule has 0 saturated carbocycles. The zero-order valence-electron chi connectivity index (χ0n) is 15.8. The maximum atomic E-state index is 11.5. The third kappa shape index (κ3) is 3.75. The van der Waals surface area contributed by atoms with E-state index in [4.69, 9.17) is 10.5 Å². The van der Waals surface area contributed by atoms with Gasteiger partial charge in [-0.15, -0.1) is 0 Å². The Balaban J connectivity index is 1.95. The highest BCUT2D eigenvalue weighted by atomic mass is 16.5. The van der Waals surface area contributed by atoms with Crippen molar-refractivity contribution in [2.75, 3.05) is 18.2 Å². The van der Waals surface area contributed by atoms with Gasteiger partial charge in [-0.3, -0.25) is 4.79 Å². The van der Waals surface area contributed by atoms with Gasteiger partial charge in [0.25, 0.3) is 0 Å².